The molecule has 56 heavy (non-hydrogen) atoms. The maximum Gasteiger partial charge on any atom is 0.183 e. The fraction of sp³-hybridized carbons (Fsp3) is 0.192. The lowest BCUT2D eigenvalue weighted by molar-refractivity contribution is 0.403. The van der Waals surface area contributed by atoms with Crippen LogP contribution in [0.3, 0.4) is 0 Å². The molecule has 7 aromatic carbocycles. The average Bonchev–Trinajstić information content (AvgIpc) is 3.74. The highest BCUT2D eigenvalue weighted by Gasteiger charge is 2.47. The van der Waals surface area contributed by atoms with Crippen LogP contribution in [-0.4, -0.2) is 0 Å². The largest absolute Gasteiger partial charge is 0.307 e. The molecule has 276 valence electrons. The van der Waals surface area contributed by atoms with E-state index in [0.717, 1.165) is 66.8 Å². The summed E-state index contributed by atoms with van der Waals surface area (Å²) < 4.78 is 36.9. The molecule has 0 N–H and O–H groups in total. The normalized spacial score (nSPS) is 15.9. The summed E-state index contributed by atoms with van der Waals surface area (Å²) in [5.74, 6) is -1.63. The molecular formula is C52H43F2NS. The minimum Gasteiger partial charge on any atom is -0.307 e. The minimum atomic E-state index is -0.845. The monoisotopic (exact) mass is 751 g/mol. The molecule has 0 radical (unpaired) electrons. The summed E-state index contributed by atoms with van der Waals surface area (Å²) in [7, 11) is 0. The predicted molar refractivity (Wildman–Crippen MR) is 233 cm³/mol. The molecule has 0 spiro atoms. The molecule has 1 aromatic heterocycles. The molecule has 2 aliphatic carbocycles. The summed E-state index contributed by atoms with van der Waals surface area (Å²) >= 11 is 1.72. The van der Waals surface area contributed by atoms with Gasteiger partial charge in [-0.2, -0.15) is 0 Å². The zero-order chi connectivity index (χ0) is 38.7. The van der Waals surface area contributed by atoms with Crippen LogP contribution in [0.2, 0.25) is 0 Å². The van der Waals surface area contributed by atoms with Crippen molar-refractivity contribution in [1.29, 1.82) is 0 Å². The summed E-state index contributed by atoms with van der Waals surface area (Å²) in [5.41, 5.74) is 11.0. The van der Waals surface area contributed by atoms with Crippen LogP contribution < -0.4 is 4.90 Å². The van der Waals surface area contributed by atoms with E-state index in [0.29, 0.717) is 5.56 Å². The van der Waals surface area contributed by atoms with Crippen LogP contribution in [0, 0.1) is 11.6 Å². The lowest BCUT2D eigenvalue weighted by Gasteiger charge is -2.29. The standard InChI is InChI=1S/C52H43F2NS/c1-50(2)30-51(3,4)43-29-41-39(27-42(43)50)40-28-44(48(53)49(54)47(40)52(41,5)6)55(34-22-24-37-36-19-13-14-20-45(36)56-46(37)26-34)33-21-23-35(31-15-9-7-10-16-31)38(25-33)32-17-11-8-12-18-32/h7-29H,30H2,1-6H3. The molecular weight excluding hydrogens is 709 g/mol. The van der Waals surface area contributed by atoms with Gasteiger partial charge in [-0.25, -0.2) is 8.78 Å². The molecule has 1 heterocycles. The van der Waals surface area contributed by atoms with Crippen molar-refractivity contribution in [2.45, 2.75) is 64.2 Å². The Kier molecular flexibility index (Phi) is 7.60. The van der Waals surface area contributed by atoms with Crippen LogP contribution in [0.25, 0.3) is 53.6 Å². The highest BCUT2D eigenvalue weighted by molar-refractivity contribution is 7.25. The summed E-state index contributed by atoms with van der Waals surface area (Å²) in [6.07, 6.45) is 1.03. The van der Waals surface area contributed by atoms with Gasteiger partial charge in [0.25, 0.3) is 0 Å². The van der Waals surface area contributed by atoms with Crippen molar-refractivity contribution >= 4 is 48.6 Å². The molecule has 4 heteroatoms. The van der Waals surface area contributed by atoms with E-state index in [9.17, 15) is 0 Å². The summed E-state index contributed by atoms with van der Waals surface area (Å²) in [5, 5.41) is 2.34. The first kappa shape index (κ1) is 34.9. The van der Waals surface area contributed by atoms with E-state index in [1.165, 1.54) is 21.2 Å². The van der Waals surface area contributed by atoms with Crippen molar-refractivity contribution in [3.63, 3.8) is 0 Å². The lowest BCUT2D eigenvalue weighted by atomic mass is 9.79. The van der Waals surface area contributed by atoms with Gasteiger partial charge in [0.1, 0.15) is 0 Å². The number of rotatable bonds is 5. The molecule has 0 saturated carbocycles. The van der Waals surface area contributed by atoms with Gasteiger partial charge in [-0.05, 0) is 110 Å². The second-order valence-electron chi connectivity index (χ2n) is 17.5. The van der Waals surface area contributed by atoms with Crippen molar-refractivity contribution in [3.8, 4) is 33.4 Å². The number of thiophene rings is 1. The summed E-state index contributed by atoms with van der Waals surface area (Å²) in [4.78, 5) is 1.93. The lowest BCUT2D eigenvalue weighted by Crippen LogP contribution is -2.20. The first-order chi connectivity index (χ1) is 26.8. The van der Waals surface area contributed by atoms with Crippen LogP contribution >= 0.6 is 11.3 Å². The van der Waals surface area contributed by atoms with Gasteiger partial charge in [-0.3, -0.25) is 0 Å². The van der Waals surface area contributed by atoms with E-state index in [1.807, 2.05) is 67.3 Å². The Labute approximate surface area is 331 Å². The molecule has 0 bridgehead atoms. The fourth-order valence-corrected chi connectivity index (χ4v) is 11.3. The van der Waals surface area contributed by atoms with Gasteiger partial charge >= 0.3 is 0 Å². The number of hydrogen-bond acceptors (Lipinski definition) is 2. The van der Waals surface area contributed by atoms with Crippen LogP contribution in [0.5, 0.6) is 0 Å². The molecule has 0 atom stereocenters. The van der Waals surface area contributed by atoms with Crippen LogP contribution in [0.15, 0.2) is 140 Å². The SMILES string of the molecule is CC1(C)CC(C)(C)c2cc3c(cc21)-c1cc(N(c2ccc(-c4ccccc4)c(-c4ccccc4)c2)c2ccc4c(c2)sc2ccccc24)c(F)c(F)c1C3(C)C. The van der Waals surface area contributed by atoms with E-state index in [4.69, 9.17) is 0 Å². The van der Waals surface area contributed by atoms with Gasteiger partial charge < -0.3 is 4.90 Å². The molecule has 0 amide bonds. The Balaban J connectivity index is 1.25. The molecule has 0 aliphatic heterocycles. The predicted octanol–water partition coefficient (Wildman–Crippen LogP) is 15.4. The van der Waals surface area contributed by atoms with Gasteiger partial charge in [0.15, 0.2) is 11.6 Å². The van der Waals surface area contributed by atoms with Crippen LogP contribution in [0.1, 0.15) is 70.2 Å². The Morgan fingerprint density at radius 1 is 0.482 bits per heavy atom. The molecule has 0 unspecified atom stereocenters. The van der Waals surface area contributed by atoms with Crippen molar-refractivity contribution < 1.29 is 8.78 Å². The highest BCUT2D eigenvalue weighted by Crippen LogP contribution is 2.58. The van der Waals surface area contributed by atoms with Gasteiger partial charge in [-0.15, -0.1) is 11.3 Å². The number of anilines is 3. The van der Waals surface area contributed by atoms with Crippen molar-refractivity contribution in [2.24, 2.45) is 0 Å². The Hall–Kier alpha value is -5.58. The van der Waals surface area contributed by atoms with E-state index in [2.05, 4.69) is 119 Å². The third-order valence-corrected chi connectivity index (χ3v) is 13.7. The molecule has 2 aliphatic rings. The summed E-state index contributed by atoms with van der Waals surface area (Å²) in [6, 6.07) is 48.2. The minimum absolute atomic E-state index is 0.0158. The molecule has 10 rings (SSSR count). The van der Waals surface area contributed by atoms with E-state index < -0.39 is 17.0 Å². The maximum atomic E-state index is 17.4. The number of nitrogens with zero attached hydrogens (tertiary/aromatic N) is 1. The Morgan fingerprint density at radius 2 is 1.07 bits per heavy atom. The number of hydrogen-bond donors (Lipinski definition) is 0. The van der Waals surface area contributed by atoms with Gasteiger partial charge in [0.05, 0.1) is 5.69 Å². The second-order valence-corrected chi connectivity index (χ2v) is 18.6. The van der Waals surface area contributed by atoms with E-state index in [1.54, 1.807) is 11.3 Å². The molecule has 8 aromatic rings. The molecule has 0 fully saturated rings. The van der Waals surface area contributed by atoms with Gasteiger partial charge in [0.2, 0.25) is 0 Å². The van der Waals surface area contributed by atoms with Crippen molar-refractivity contribution in [3.05, 3.63) is 173 Å². The maximum absolute atomic E-state index is 17.4. The fourth-order valence-electron chi connectivity index (χ4n) is 10.2. The summed E-state index contributed by atoms with van der Waals surface area (Å²) in [6.45, 7) is 13.3. The Bertz CT molecular complexity index is 2880. The van der Waals surface area contributed by atoms with Crippen LogP contribution in [-0.2, 0) is 16.2 Å². The number of benzene rings is 7. The van der Waals surface area contributed by atoms with E-state index >= 15 is 8.78 Å². The average molecular weight is 752 g/mol. The third-order valence-electron chi connectivity index (χ3n) is 12.6. The van der Waals surface area contributed by atoms with Crippen LogP contribution in [0.4, 0.5) is 25.8 Å². The molecule has 1 nitrogen and oxygen atoms in total. The topological polar surface area (TPSA) is 3.24 Å². The second kappa shape index (κ2) is 12.2. The highest BCUT2D eigenvalue weighted by atomic mass is 32.1. The zero-order valence-corrected chi connectivity index (χ0v) is 33.4. The Morgan fingerprint density at radius 3 is 1.79 bits per heavy atom. The van der Waals surface area contributed by atoms with Gasteiger partial charge in [-0.1, -0.05) is 139 Å². The first-order valence-corrected chi connectivity index (χ1v) is 20.3. The quantitative estimate of drug-likeness (QED) is 0.169. The number of fused-ring (bicyclic) bond motifs is 7. The van der Waals surface area contributed by atoms with Gasteiger partial charge in [0, 0.05) is 42.5 Å². The zero-order valence-electron chi connectivity index (χ0n) is 32.6. The van der Waals surface area contributed by atoms with E-state index in [-0.39, 0.29) is 16.5 Å². The molecule has 0 saturated heterocycles. The third kappa shape index (κ3) is 5.15. The first-order valence-electron chi connectivity index (χ1n) is 19.5. The smallest absolute Gasteiger partial charge is 0.183 e. The van der Waals surface area contributed by atoms with Crippen molar-refractivity contribution in [1.82, 2.24) is 0 Å². The van der Waals surface area contributed by atoms with Crippen molar-refractivity contribution in [2.75, 3.05) is 4.90 Å². The number of halogens is 2.